The van der Waals surface area contributed by atoms with Crippen molar-refractivity contribution in [1.82, 2.24) is 8.43 Å². The number of nitrogens with one attached hydrogen (secondary N) is 1. The predicted molar refractivity (Wildman–Crippen MR) is 79.9 cm³/mol. The molecular formula is C13H20N2O2S2. The van der Waals surface area contributed by atoms with Gasteiger partial charge < -0.3 is 0 Å². The van der Waals surface area contributed by atoms with E-state index in [2.05, 4.69) is 16.9 Å². The maximum Gasteiger partial charge on any atom is 0.289 e. The van der Waals surface area contributed by atoms with Gasteiger partial charge in [0.2, 0.25) is 0 Å². The van der Waals surface area contributed by atoms with Gasteiger partial charge in [0.1, 0.15) is 0 Å². The van der Waals surface area contributed by atoms with E-state index in [0.717, 1.165) is 31.2 Å². The summed E-state index contributed by atoms with van der Waals surface area (Å²) in [5, 5.41) is 0. The summed E-state index contributed by atoms with van der Waals surface area (Å²) in [6.45, 7) is 0.404. The van der Waals surface area contributed by atoms with Gasteiger partial charge in [-0.1, -0.05) is 62.4 Å². The first kappa shape index (κ1) is 14.8. The van der Waals surface area contributed by atoms with Gasteiger partial charge in [-0.3, -0.25) is 0 Å². The molecule has 0 spiro atoms. The Balaban J connectivity index is 2.19. The monoisotopic (exact) mass is 300 g/mol. The highest BCUT2D eigenvalue weighted by molar-refractivity contribution is 7.99. The summed E-state index contributed by atoms with van der Waals surface area (Å²) in [6, 6.07) is 9.76. The minimum absolute atomic E-state index is 0.0820. The van der Waals surface area contributed by atoms with E-state index in [1.165, 1.54) is 6.42 Å². The van der Waals surface area contributed by atoms with Gasteiger partial charge >= 0.3 is 0 Å². The van der Waals surface area contributed by atoms with E-state index < -0.39 is 10.2 Å². The van der Waals surface area contributed by atoms with E-state index in [4.69, 9.17) is 0 Å². The van der Waals surface area contributed by atoms with Crippen LogP contribution in [0.2, 0.25) is 0 Å². The van der Waals surface area contributed by atoms with E-state index in [1.54, 1.807) is 4.31 Å². The molecule has 0 bridgehead atoms. The van der Waals surface area contributed by atoms with Crippen molar-refractivity contribution in [1.29, 1.82) is 0 Å². The molecule has 0 heterocycles. The van der Waals surface area contributed by atoms with E-state index in [-0.39, 0.29) is 6.04 Å². The zero-order valence-electron chi connectivity index (χ0n) is 10.8. The second-order valence-electron chi connectivity index (χ2n) is 4.92. The molecule has 19 heavy (non-hydrogen) atoms. The number of thiol groups is 1. The first-order valence-electron chi connectivity index (χ1n) is 6.60. The molecule has 2 rings (SSSR count). The normalized spacial score (nSPS) is 17.8. The van der Waals surface area contributed by atoms with Crippen molar-refractivity contribution in [3.05, 3.63) is 35.9 Å². The molecule has 0 radical (unpaired) electrons. The van der Waals surface area contributed by atoms with Crippen LogP contribution < -0.4 is 4.13 Å². The lowest BCUT2D eigenvalue weighted by Gasteiger charge is -2.32. The third-order valence-electron chi connectivity index (χ3n) is 3.59. The van der Waals surface area contributed by atoms with Gasteiger partial charge in [-0.05, 0) is 18.4 Å². The Labute approximate surface area is 120 Å². The Kier molecular flexibility index (Phi) is 5.27. The van der Waals surface area contributed by atoms with Gasteiger partial charge in [0, 0.05) is 12.6 Å². The second kappa shape index (κ2) is 6.74. The van der Waals surface area contributed by atoms with Crippen molar-refractivity contribution in [2.75, 3.05) is 0 Å². The Hall–Kier alpha value is -0.560. The van der Waals surface area contributed by atoms with Crippen LogP contribution in [0.3, 0.4) is 0 Å². The predicted octanol–water partition coefficient (Wildman–Crippen LogP) is 2.50. The zero-order chi connectivity index (χ0) is 13.7. The standard InChI is InChI=1S/C13H20N2O2S2/c16-19(17,14-18)15(13-9-5-2-6-10-13)11-12-7-3-1-4-8-12/h1,3-4,7-8,13-14,18H,2,5-6,9-11H2. The number of hydrogen-bond acceptors (Lipinski definition) is 3. The number of hydrogen-bond donors (Lipinski definition) is 2. The summed E-state index contributed by atoms with van der Waals surface area (Å²) in [7, 11) is -3.51. The SMILES string of the molecule is O=S(=O)(NS)N(Cc1ccccc1)C1CCCCC1. The van der Waals surface area contributed by atoms with Gasteiger partial charge in [0.05, 0.1) is 0 Å². The maximum absolute atomic E-state index is 12.1. The molecule has 1 N–H and O–H groups in total. The third-order valence-corrected chi connectivity index (χ3v) is 5.55. The molecule has 0 saturated heterocycles. The van der Waals surface area contributed by atoms with Gasteiger partial charge in [-0.2, -0.15) is 12.7 Å². The van der Waals surface area contributed by atoms with Crippen LogP contribution in [-0.4, -0.2) is 18.8 Å². The van der Waals surface area contributed by atoms with Crippen molar-refractivity contribution in [3.63, 3.8) is 0 Å². The number of nitrogens with zero attached hydrogens (tertiary/aromatic N) is 1. The minimum atomic E-state index is -3.51. The minimum Gasteiger partial charge on any atom is -0.194 e. The van der Waals surface area contributed by atoms with Crippen LogP contribution in [-0.2, 0) is 16.8 Å². The Morgan fingerprint density at radius 2 is 1.79 bits per heavy atom. The molecule has 1 saturated carbocycles. The van der Waals surface area contributed by atoms with E-state index >= 15 is 0 Å². The summed E-state index contributed by atoms with van der Waals surface area (Å²) >= 11 is 3.75. The van der Waals surface area contributed by atoms with Gasteiger partial charge in [-0.25, -0.2) is 0 Å². The molecule has 0 atom stereocenters. The first-order valence-corrected chi connectivity index (χ1v) is 8.49. The molecule has 1 aliphatic carbocycles. The molecule has 0 amide bonds. The molecule has 0 aliphatic heterocycles. The summed E-state index contributed by atoms with van der Waals surface area (Å²) in [5.41, 5.74) is 1.00. The van der Waals surface area contributed by atoms with Gasteiger partial charge in [0.15, 0.2) is 0 Å². The average Bonchev–Trinajstić information content (AvgIpc) is 2.46. The highest BCUT2D eigenvalue weighted by atomic mass is 32.3. The molecule has 1 fully saturated rings. The van der Waals surface area contributed by atoms with Crippen LogP contribution >= 0.6 is 12.8 Å². The van der Waals surface area contributed by atoms with Crippen molar-refractivity contribution in [3.8, 4) is 0 Å². The lowest BCUT2D eigenvalue weighted by Crippen LogP contribution is -2.44. The van der Waals surface area contributed by atoms with Gasteiger partial charge in [0.25, 0.3) is 10.2 Å². The fraction of sp³-hybridized carbons (Fsp3) is 0.538. The molecule has 6 heteroatoms. The van der Waals surface area contributed by atoms with Crippen LogP contribution in [0.4, 0.5) is 0 Å². The Morgan fingerprint density at radius 3 is 2.37 bits per heavy atom. The van der Waals surface area contributed by atoms with E-state index in [0.29, 0.717) is 6.54 Å². The maximum atomic E-state index is 12.1. The van der Waals surface area contributed by atoms with E-state index in [9.17, 15) is 8.42 Å². The molecule has 0 unspecified atom stereocenters. The summed E-state index contributed by atoms with van der Waals surface area (Å²) < 4.78 is 28.0. The largest absolute Gasteiger partial charge is 0.289 e. The quantitative estimate of drug-likeness (QED) is 0.821. The second-order valence-corrected chi connectivity index (χ2v) is 7.07. The molecule has 1 aliphatic rings. The Bertz CT molecular complexity index is 485. The van der Waals surface area contributed by atoms with E-state index in [1.807, 2.05) is 30.3 Å². The highest BCUT2D eigenvalue weighted by Gasteiger charge is 2.30. The van der Waals surface area contributed by atoms with Crippen LogP contribution in [0.25, 0.3) is 0 Å². The topological polar surface area (TPSA) is 49.4 Å². The lowest BCUT2D eigenvalue weighted by molar-refractivity contribution is 0.247. The third kappa shape index (κ3) is 3.95. The molecular weight excluding hydrogens is 280 g/mol. The molecule has 0 aromatic heterocycles. The first-order chi connectivity index (χ1) is 9.13. The van der Waals surface area contributed by atoms with Crippen molar-refractivity contribution < 1.29 is 8.42 Å². The summed E-state index contributed by atoms with van der Waals surface area (Å²) in [6.07, 6.45) is 5.25. The fourth-order valence-corrected chi connectivity index (χ4v) is 3.94. The summed E-state index contributed by atoms with van der Waals surface area (Å²) in [5.74, 6) is 0. The van der Waals surface area contributed by atoms with Crippen molar-refractivity contribution in [2.24, 2.45) is 0 Å². The van der Waals surface area contributed by atoms with Crippen LogP contribution in [0, 0.1) is 0 Å². The molecule has 106 valence electrons. The smallest absolute Gasteiger partial charge is 0.194 e. The summed E-state index contributed by atoms with van der Waals surface area (Å²) in [4.78, 5) is 0. The van der Waals surface area contributed by atoms with Crippen LogP contribution in [0.5, 0.6) is 0 Å². The van der Waals surface area contributed by atoms with Crippen LogP contribution in [0.15, 0.2) is 30.3 Å². The average molecular weight is 300 g/mol. The highest BCUT2D eigenvalue weighted by Crippen LogP contribution is 2.26. The lowest BCUT2D eigenvalue weighted by atomic mass is 9.95. The molecule has 1 aromatic rings. The number of rotatable bonds is 5. The van der Waals surface area contributed by atoms with Crippen LogP contribution in [0.1, 0.15) is 37.7 Å². The fourth-order valence-electron chi connectivity index (χ4n) is 2.60. The van der Waals surface area contributed by atoms with Gasteiger partial charge in [-0.15, -0.1) is 4.13 Å². The van der Waals surface area contributed by atoms with Crippen molar-refractivity contribution >= 4 is 23.0 Å². The molecule has 1 aromatic carbocycles. The number of benzene rings is 1. The Morgan fingerprint density at radius 1 is 1.16 bits per heavy atom. The van der Waals surface area contributed by atoms with Crippen molar-refractivity contribution in [2.45, 2.75) is 44.7 Å². The molecule has 4 nitrogen and oxygen atoms in total. The zero-order valence-corrected chi connectivity index (χ0v) is 12.5.